The Morgan fingerprint density at radius 2 is 2.00 bits per heavy atom. The number of nitrogens with zero attached hydrogens (tertiary/aromatic N) is 1. The first-order chi connectivity index (χ1) is 9.45. The normalized spacial score (nSPS) is 10.7. The molecule has 1 aromatic carbocycles. The van der Waals surface area contributed by atoms with Gasteiger partial charge >= 0.3 is 0 Å². The molecule has 0 fully saturated rings. The molecule has 6 heteroatoms. The zero-order valence-electron chi connectivity index (χ0n) is 11.1. The fourth-order valence-corrected chi connectivity index (χ4v) is 1.83. The number of anilines is 1. The molecule has 1 heterocycles. The molecule has 2 rings (SSSR count). The summed E-state index contributed by atoms with van der Waals surface area (Å²) in [6.07, 6.45) is -0.0417. The van der Waals surface area contributed by atoms with Crippen LogP contribution in [0.5, 0.6) is 17.5 Å². The van der Waals surface area contributed by atoms with Crippen molar-refractivity contribution in [1.29, 1.82) is 0 Å². The van der Waals surface area contributed by atoms with Crippen molar-refractivity contribution < 1.29 is 13.9 Å². The molecule has 4 nitrogen and oxygen atoms in total. The van der Waals surface area contributed by atoms with Gasteiger partial charge in [0.2, 0.25) is 11.8 Å². The van der Waals surface area contributed by atoms with Crippen LogP contribution in [0.15, 0.2) is 34.8 Å². The van der Waals surface area contributed by atoms with Crippen molar-refractivity contribution in [2.75, 3.05) is 5.73 Å². The minimum atomic E-state index is -0.355. The van der Waals surface area contributed by atoms with Crippen LogP contribution in [0.25, 0.3) is 0 Å². The standard InChI is InChI=1S/C14H14BrFN2O2/c1-8(2)19-14-12(17)5-6-13(18-14)20-9-3-4-11(16)10(15)7-9/h3-8H,17H2,1-2H3. The highest BCUT2D eigenvalue weighted by atomic mass is 79.9. The predicted molar refractivity (Wildman–Crippen MR) is 78.6 cm³/mol. The minimum absolute atomic E-state index is 0.0417. The van der Waals surface area contributed by atoms with E-state index < -0.39 is 0 Å². The molecule has 1 aromatic heterocycles. The van der Waals surface area contributed by atoms with Crippen LogP contribution in [0.4, 0.5) is 10.1 Å². The molecule has 2 aromatic rings. The van der Waals surface area contributed by atoms with Gasteiger partial charge in [-0.25, -0.2) is 4.39 Å². The second-order valence-electron chi connectivity index (χ2n) is 4.39. The van der Waals surface area contributed by atoms with Crippen molar-refractivity contribution in [3.63, 3.8) is 0 Å². The Morgan fingerprint density at radius 3 is 2.65 bits per heavy atom. The van der Waals surface area contributed by atoms with Crippen LogP contribution in [0.2, 0.25) is 0 Å². The van der Waals surface area contributed by atoms with E-state index in [1.807, 2.05) is 13.8 Å². The maximum absolute atomic E-state index is 13.1. The van der Waals surface area contributed by atoms with Crippen LogP contribution in [0.3, 0.4) is 0 Å². The van der Waals surface area contributed by atoms with Gasteiger partial charge in [-0.15, -0.1) is 0 Å². The summed E-state index contributed by atoms with van der Waals surface area (Å²) < 4.78 is 24.5. The number of hydrogen-bond acceptors (Lipinski definition) is 4. The molecule has 0 atom stereocenters. The number of aromatic nitrogens is 1. The Hall–Kier alpha value is -1.82. The summed E-state index contributed by atoms with van der Waals surface area (Å²) in [7, 11) is 0. The van der Waals surface area contributed by atoms with Crippen molar-refractivity contribution in [2.45, 2.75) is 20.0 Å². The number of benzene rings is 1. The van der Waals surface area contributed by atoms with Crippen molar-refractivity contribution in [1.82, 2.24) is 4.98 Å². The molecular weight excluding hydrogens is 327 g/mol. The van der Waals surface area contributed by atoms with Crippen LogP contribution < -0.4 is 15.2 Å². The minimum Gasteiger partial charge on any atom is -0.473 e. The highest BCUT2D eigenvalue weighted by Gasteiger charge is 2.09. The Morgan fingerprint density at radius 1 is 1.25 bits per heavy atom. The molecule has 0 saturated heterocycles. The molecule has 0 aliphatic rings. The molecule has 0 saturated carbocycles. The lowest BCUT2D eigenvalue weighted by Crippen LogP contribution is -2.09. The number of hydrogen-bond donors (Lipinski definition) is 1. The summed E-state index contributed by atoms with van der Waals surface area (Å²) in [6.45, 7) is 3.76. The van der Waals surface area contributed by atoms with Gasteiger partial charge in [0.05, 0.1) is 16.3 Å². The molecule has 0 aliphatic carbocycles. The first-order valence-corrected chi connectivity index (χ1v) is 6.81. The van der Waals surface area contributed by atoms with E-state index in [1.165, 1.54) is 18.2 Å². The molecule has 20 heavy (non-hydrogen) atoms. The highest BCUT2D eigenvalue weighted by molar-refractivity contribution is 9.10. The van der Waals surface area contributed by atoms with E-state index in [-0.39, 0.29) is 11.9 Å². The van der Waals surface area contributed by atoms with Gasteiger partial charge in [0.1, 0.15) is 11.6 Å². The van der Waals surface area contributed by atoms with Gasteiger partial charge in [-0.1, -0.05) is 0 Å². The molecule has 0 aliphatic heterocycles. The number of halogens is 2. The van der Waals surface area contributed by atoms with Gasteiger partial charge in [-0.05, 0) is 54.0 Å². The van der Waals surface area contributed by atoms with E-state index in [0.717, 1.165) is 0 Å². The fourth-order valence-electron chi connectivity index (χ4n) is 1.47. The third kappa shape index (κ3) is 3.60. The van der Waals surface area contributed by atoms with Crippen molar-refractivity contribution in [3.8, 4) is 17.5 Å². The summed E-state index contributed by atoms with van der Waals surface area (Å²) in [5.74, 6) is 0.754. The lowest BCUT2D eigenvalue weighted by molar-refractivity contribution is 0.232. The van der Waals surface area contributed by atoms with Crippen LogP contribution in [0.1, 0.15) is 13.8 Å². The van der Waals surface area contributed by atoms with Gasteiger partial charge in [0, 0.05) is 6.07 Å². The predicted octanol–water partition coefficient (Wildman–Crippen LogP) is 4.14. The molecule has 0 radical (unpaired) electrons. The number of pyridine rings is 1. The Kier molecular flexibility index (Phi) is 4.44. The SMILES string of the molecule is CC(C)Oc1nc(Oc2ccc(F)c(Br)c2)ccc1N. The summed E-state index contributed by atoms with van der Waals surface area (Å²) >= 11 is 3.10. The van der Waals surface area contributed by atoms with Crippen LogP contribution in [-0.2, 0) is 0 Å². The van der Waals surface area contributed by atoms with Crippen LogP contribution in [0, 0.1) is 5.82 Å². The zero-order valence-corrected chi connectivity index (χ0v) is 12.6. The Labute approximate surface area is 124 Å². The summed E-state index contributed by atoms with van der Waals surface area (Å²) in [4.78, 5) is 4.18. The number of nitrogen functional groups attached to an aromatic ring is 1. The molecule has 0 spiro atoms. The zero-order chi connectivity index (χ0) is 14.7. The molecule has 0 amide bonds. The third-order valence-electron chi connectivity index (χ3n) is 2.32. The second-order valence-corrected chi connectivity index (χ2v) is 5.24. The fraction of sp³-hybridized carbons (Fsp3) is 0.214. The smallest absolute Gasteiger partial charge is 0.240 e. The van der Waals surface area contributed by atoms with Crippen molar-refractivity contribution in [2.24, 2.45) is 0 Å². The van der Waals surface area contributed by atoms with Gasteiger partial charge in [-0.2, -0.15) is 4.98 Å². The summed E-state index contributed by atoms with van der Waals surface area (Å²) in [5.41, 5.74) is 6.21. The van der Waals surface area contributed by atoms with Gasteiger partial charge in [0.15, 0.2) is 0 Å². The Bertz CT molecular complexity index is 620. The van der Waals surface area contributed by atoms with Crippen molar-refractivity contribution >= 4 is 21.6 Å². The quantitative estimate of drug-likeness (QED) is 0.908. The molecule has 2 N–H and O–H groups in total. The molecular formula is C14H14BrFN2O2. The van der Waals surface area contributed by atoms with Gasteiger partial charge in [-0.3, -0.25) is 0 Å². The summed E-state index contributed by atoms with van der Waals surface area (Å²) in [6, 6.07) is 7.62. The van der Waals surface area contributed by atoms with E-state index in [9.17, 15) is 4.39 Å². The van der Waals surface area contributed by atoms with Gasteiger partial charge < -0.3 is 15.2 Å². The topological polar surface area (TPSA) is 57.4 Å². The van der Waals surface area contributed by atoms with Crippen LogP contribution in [-0.4, -0.2) is 11.1 Å². The first kappa shape index (κ1) is 14.6. The molecule has 106 valence electrons. The largest absolute Gasteiger partial charge is 0.473 e. The average Bonchev–Trinajstić information content (AvgIpc) is 2.37. The second kappa shape index (κ2) is 6.09. The lowest BCUT2D eigenvalue weighted by Gasteiger charge is -2.12. The van der Waals surface area contributed by atoms with E-state index in [1.54, 1.807) is 12.1 Å². The van der Waals surface area contributed by atoms with Crippen molar-refractivity contribution in [3.05, 3.63) is 40.6 Å². The van der Waals surface area contributed by atoms with Gasteiger partial charge in [0.25, 0.3) is 0 Å². The number of ether oxygens (including phenoxy) is 2. The molecule has 0 bridgehead atoms. The highest BCUT2D eigenvalue weighted by Crippen LogP contribution is 2.28. The van der Waals surface area contributed by atoms with E-state index in [0.29, 0.717) is 27.7 Å². The Balaban J connectivity index is 2.22. The third-order valence-corrected chi connectivity index (χ3v) is 2.93. The first-order valence-electron chi connectivity index (χ1n) is 6.02. The van der Waals surface area contributed by atoms with E-state index >= 15 is 0 Å². The molecule has 0 unspecified atom stereocenters. The monoisotopic (exact) mass is 340 g/mol. The van der Waals surface area contributed by atoms with Crippen LogP contribution >= 0.6 is 15.9 Å². The van der Waals surface area contributed by atoms with E-state index in [2.05, 4.69) is 20.9 Å². The summed E-state index contributed by atoms with van der Waals surface area (Å²) in [5, 5.41) is 0. The average molecular weight is 341 g/mol. The van der Waals surface area contributed by atoms with E-state index in [4.69, 9.17) is 15.2 Å². The maximum Gasteiger partial charge on any atom is 0.240 e. The lowest BCUT2D eigenvalue weighted by atomic mass is 10.3. The number of rotatable bonds is 4. The maximum atomic E-state index is 13.1. The number of nitrogens with two attached hydrogens (primary N) is 1.